The van der Waals surface area contributed by atoms with Crippen molar-refractivity contribution in [2.24, 2.45) is 0 Å². The molecule has 7 nitrogen and oxygen atoms in total. The number of rotatable bonds is 6. The van der Waals surface area contributed by atoms with Crippen molar-refractivity contribution in [3.63, 3.8) is 0 Å². The van der Waals surface area contributed by atoms with Crippen molar-refractivity contribution in [2.45, 2.75) is 11.5 Å². The molecular formula is C22H20ClFN2O5S. The molecule has 32 heavy (non-hydrogen) atoms. The lowest BCUT2D eigenvalue weighted by atomic mass is 10.3. The molecule has 0 saturated carbocycles. The van der Waals surface area contributed by atoms with Crippen LogP contribution in [0, 0.1) is 5.82 Å². The molecule has 2 heterocycles. The molecule has 1 fully saturated rings. The number of nitrogens with zero attached hydrogens (tertiary/aromatic N) is 2. The van der Waals surface area contributed by atoms with Crippen LogP contribution in [0.15, 0.2) is 70.0 Å². The number of hydrogen-bond donors (Lipinski definition) is 0. The van der Waals surface area contributed by atoms with Crippen molar-refractivity contribution in [3.05, 3.63) is 83.0 Å². The van der Waals surface area contributed by atoms with E-state index in [9.17, 15) is 17.6 Å². The number of sulfonamides is 1. The Morgan fingerprint density at radius 3 is 2.38 bits per heavy atom. The van der Waals surface area contributed by atoms with Crippen LogP contribution in [-0.2, 0) is 16.6 Å². The quantitative estimate of drug-likeness (QED) is 0.538. The van der Waals surface area contributed by atoms with E-state index < -0.39 is 10.0 Å². The fourth-order valence-electron chi connectivity index (χ4n) is 3.34. The second-order valence-electron chi connectivity index (χ2n) is 7.14. The van der Waals surface area contributed by atoms with E-state index >= 15 is 0 Å². The summed E-state index contributed by atoms with van der Waals surface area (Å²) in [5, 5.41) is 0.164. The molecule has 1 aromatic heterocycles. The summed E-state index contributed by atoms with van der Waals surface area (Å²) in [7, 11) is -3.74. The van der Waals surface area contributed by atoms with Gasteiger partial charge in [0.05, 0.1) is 5.02 Å². The predicted octanol–water partition coefficient (Wildman–Crippen LogP) is 3.80. The van der Waals surface area contributed by atoms with Gasteiger partial charge in [0.1, 0.15) is 28.8 Å². The minimum absolute atomic E-state index is 0.0540. The summed E-state index contributed by atoms with van der Waals surface area (Å²) in [5.74, 6) is 0.380. The van der Waals surface area contributed by atoms with Crippen LogP contribution < -0.4 is 4.74 Å². The van der Waals surface area contributed by atoms with Crippen molar-refractivity contribution in [3.8, 4) is 5.75 Å². The molecule has 0 atom stereocenters. The lowest BCUT2D eigenvalue weighted by Gasteiger charge is -2.33. The number of carbonyl (C=O) groups is 1. The van der Waals surface area contributed by atoms with Crippen molar-refractivity contribution < 1.29 is 26.8 Å². The van der Waals surface area contributed by atoms with Gasteiger partial charge in [-0.25, -0.2) is 12.8 Å². The summed E-state index contributed by atoms with van der Waals surface area (Å²) in [4.78, 5) is 14.4. The SMILES string of the molecule is O=C(c1ccc(COc2ccc(F)cc2)o1)N1CCN(S(=O)(=O)c2ccccc2Cl)CC1. The first-order valence-corrected chi connectivity index (χ1v) is 11.7. The molecule has 0 aliphatic carbocycles. The third kappa shape index (κ3) is 4.79. The summed E-state index contributed by atoms with van der Waals surface area (Å²) in [5.41, 5.74) is 0. The average molecular weight is 479 g/mol. The van der Waals surface area contributed by atoms with Crippen LogP contribution in [0.3, 0.4) is 0 Å². The first-order chi connectivity index (χ1) is 15.3. The molecule has 168 valence electrons. The van der Waals surface area contributed by atoms with Crippen LogP contribution in [-0.4, -0.2) is 49.7 Å². The Hall–Kier alpha value is -2.88. The molecule has 0 unspecified atom stereocenters. The molecule has 4 rings (SSSR count). The smallest absolute Gasteiger partial charge is 0.289 e. The predicted molar refractivity (Wildman–Crippen MR) is 116 cm³/mol. The van der Waals surface area contributed by atoms with E-state index in [2.05, 4.69) is 0 Å². The minimum atomic E-state index is -3.74. The lowest BCUT2D eigenvalue weighted by Crippen LogP contribution is -2.50. The largest absolute Gasteiger partial charge is 0.486 e. The van der Waals surface area contributed by atoms with Crippen molar-refractivity contribution >= 4 is 27.5 Å². The highest BCUT2D eigenvalue weighted by molar-refractivity contribution is 7.89. The zero-order valence-electron chi connectivity index (χ0n) is 16.9. The fourth-order valence-corrected chi connectivity index (χ4v) is 5.25. The highest BCUT2D eigenvalue weighted by atomic mass is 35.5. The number of halogens is 2. The molecule has 2 aromatic carbocycles. The Morgan fingerprint density at radius 2 is 1.69 bits per heavy atom. The molecule has 10 heteroatoms. The van der Waals surface area contributed by atoms with Gasteiger partial charge in [-0.15, -0.1) is 0 Å². The van der Waals surface area contributed by atoms with Gasteiger partial charge < -0.3 is 14.1 Å². The van der Waals surface area contributed by atoms with E-state index in [1.54, 1.807) is 29.2 Å². The van der Waals surface area contributed by atoms with Gasteiger partial charge in [0.2, 0.25) is 10.0 Å². The van der Waals surface area contributed by atoms with E-state index in [0.717, 1.165) is 0 Å². The summed E-state index contributed by atoms with van der Waals surface area (Å²) >= 11 is 6.05. The van der Waals surface area contributed by atoms with E-state index in [-0.39, 0.29) is 60.2 Å². The highest BCUT2D eigenvalue weighted by Gasteiger charge is 2.32. The molecule has 1 aliphatic rings. The maximum atomic E-state index is 13.0. The first-order valence-electron chi connectivity index (χ1n) is 9.85. The Labute approximate surface area is 190 Å². The van der Waals surface area contributed by atoms with Crippen molar-refractivity contribution in [2.75, 3.05) is 26.2 Å². The summed E-state index contributed by atoms with van der Waals surface area (Å²) < 4.78 is 51.1. The van der Waals surface area contributed by atoms with E-state index in [0.29, 0.717) is 11.5 Å². The number of carbonyl (C=O) groups excluding carboxylic acids is 1. The van der Waals surface area contributed by atoms with Crippen LogP contribution >= 0.6 is 11.6 Å². The zero-order chi connectivity index (χ0) is 22.7. The number of hydrogen-bond acceptors (Lipinski definition) is 5. The Bertz CT molecular complexity index is 1210. The normalized spacial score (nSPS) is 15.0. The summed E-state index contributed by atoms with van der Waals surface area (Å²) in [6.45, 7) is 0.846. The maximum Gasteiger partial charge on any atom is 0.289 e. The second kappa shape index (κ2) is 9.32. The van der Waals surface area contributed by atoms with Gasteiger partial charge in [-0.3, -0.25) is 4.79 Å². The average Bonchev–Trinajstić information content (AvgIpc) is 3.27. The summed E-state index contributed by atoms with van der Waals surface area (Å²) in [6.07, 6.45) is 0. The van der Waals surface area contributed by atoms with Crippen LogP contribution in [0.5, 0.6) is 5.75 Å². The second-order valence-corrected chi connectivity index (χ2v) is 9.45. The van der Waals surface area contributed by atoms with Crippen LogP contribution in [0.25, 0.3) is 0 Å². The molecule has 0 bridgehead atoms. The maximum absolute atomic E-state index is 13.0. The van der Waals surface area contributed by atoms with Gasteiger partial charge >= 0.3 is 0 Å². The van der Waals surface area contributed by atoms with Gasteiger partial charge in [0.25, 0.3) is 5.91 Å². The first kappa shape index (κ1) is 22.3. The van der Waals surface area contributed by atoms with E-state index in [1.807, 2.05) is 0 Å². The number of ether oxygens (including phenoxy) is 1. The fraction of sp³-hybridized carbons (Fsp3) is 0.227. The molecule has 1 amide bonds. The molecule has 0 radical (unpaired) electrons. The van der Waals surface area contributed by atoms with E-state index in [4.69, 9.17) is 20.8 Å². The van der Waals surface area contributed by atoms with Gasteiger partial charge in [-0.2, -0.15) is 4.31 Å². The van der Waals surface area contributed by atoms with Gasteiger partial charge in [-0.05, 0) is 48.5 Å². The number of benzene rings is 2. The molecule has 1 saturated heterocycles. The van der Waals surface area contributed by atoms with Crippen LogP contribution in [0.2, 0.25) is 5.02 Å². The van der Waals surface area contributed by atoms with Crippen LogP contribution in [0.1, 0.15) is 16.3 Å². The lowest BCUT2D eigenvalue weighted by molar-refractivity contribution is 0.0662. The number of piperazine rings is 1. The number of furan rings is 1. The van der Waals surface area contributed by atoms with Gasteiger partial charge in [-0.1, -0.05) is 23.7 Å². The number of amides is 1. The van der Waals surface area contributed by atoms with Crippen LogP contribution in [0.4, 0.5) is 4.39 Å². The monoisotopic (exact) mass is 478 g/mol. The minimum Gasteiger partial charge on any atom is -0.486 e. The van der Waals surface area contributed by atoms with Gasteiger partial charge in [0, 0.05) is 26.2 Å². The summed E-state index contributed by atoms with van der Waals surface area (Å²) in [6, 6.07) is 15.0. The molecule has 0 N–H and O–H groups in total. The Balaban J connectivity index is 1.34. The standard InChI is InChI=1S/C22H20ClFN2O5S/c23-19-3-1-2-4-21(19)32(28,29)26-13-11-25(12-14-26)22(27)20-10-9-18(31-20)15-30-17-7-5-16(24)6-8-17/h1-10H,11-15H2. The van der Waals surface area contributed by atoms with Crippen molar-refractivity contribution in [1.82, 2.24) is 9.21 Å². The molecule has 1 aliphatic heterocycles. The third-order valence-corrected chi connectivity index (χ3v) is 7.45. The molecule has 3 aromatic rings. The molecule has 0 spiro atoms. The van der Waals surface area contributed by atoms with E-state index in [1.165, 1.54) is 40.7 Å². The Morgan fingerprint density at radius 1 is 1.00 bits per heavy atom. The van der Waals surface area contributed by atoms with Gasteiger partial charge in [0.15, 0.2) is 5.76 Å². The zero-order valence-corrected chi connectivity index (χ0v) is 18.5. The Kier molecular flexibility index (Phi) is 6.50. The van der Waals surface area contributed by atoms with Crippen molar-refractivity contribution in [1.29, 1.82) is 0 Å². The highest BCUT2D eigenvalue weighted by Crippen LogP contribution is 2.25. The molecular weight excluding hydrogens is 459 g/mol. The third-order valence-electron chi connectivity index (χ3n) is 5.05. The topological polar surface area (TPSA) is 80.1 Å².